The van der Waals surface area contributed by atoms with Gasteiger partial charge in [-0.1, -0.05) is 38.1 Å². The maximum atomic E-state index is 12.2. The van der Waals surface area contributed by atoms with Gasteiger partial charge < -0.3 is 10.6 Å². The SMILES string of the molecule is CCc1ccc([C@H](C)NC(=O)CN(CC)CC(=O)NC(C)C)cc1. The van der Waals surface area contributed by atoms with E-state index in [1.54, 1.807) is 0 Å². The van der Waals surface area contributed by atoms with E-state index in [9.17, 15) is 9.59 Å². The molecule has 5 nitrogen and oxygen atoms in total. The molecule has 2 amide bonds. The molecule has 0 bridgehead atoms. The van der Waals surface area contributed by atoms with Crippen LogP contribution in [0.3, 0.4) is 0 Å². The summed E-state index contributed by atoms with van der Waals surface area (Å²) in [6.07, 6.45) is 1.00. The number of nitrogens with one attached hydrogen (secondary N) is 2. The van der Waals surface area contributed by atoms with Gasteiger partial charge in [0.25, 0.3) is 0 Å². The molecule has 0 saturated carbocycles. The number of hydrogen-bond acceptors (Lipinski definition) is 3. The Morgan fingerprint density at radius 1 is 0.958 bits per heavy atom. The predicted octanol–water partition coefficient (Wildman–Crippen LogP) is 2.27. The van der Waals surface area contributed by atoms with Crippen molar-refractivity contribution in [3.63, 3.8) is 0 Å². The second kappa shape index (κ2) is 10.1. The minimum absolute atomic E-state index is 0.0494. The molecule has 0 saturated heterocycles. The summed E-state index contributed by atoms with van der Waals surface area (Å²) in [6.45, 7) is 11.0. The van der Waals surface area contributed by atoms with Gasteiger partial charge >= 0.3 is 0 Å². The maximum absolute atomic E-state index is 12.2. The van der Waals surface area contributed by atoms with E-state index >= 15 is 0 Å². The van der Waals surface area contributed by atoms with Crippen LogP contribution in [0.4, 0.5) is 0 Å². The van der Waals surface area contributed by atoms with Crippen LogP contribution in [0.25, 0.3) is 0 Å². The Bertz CT molecular complexity index is 526. The van der Waals surface area contributed by atoms with Crippen molar-refractivity contribution in [1.29, 1.82) is 0 Å². The van der Waals surface area contributed by atoms with E-state index in [0.717, 1.165) is 12.0 Å². The van der Waals surface area contributed by atoms with Gasteiger partial charge in [0.15, 0.2) is 0 Å². The monoisotopic (exact) mass is 333 g/mol. The highest BCUT2D eigenvalue weighted by Gasteiger charge is 2.15. The van der Waals surface area contributed by atoms with Gasteiger partial charge in [-0.25, -0.2) is 0 Å². The van der Waals surface area contributed by atoms with E-state index in [2.05, 4.69) is 41.8 Å². The van der Waals surface area contributed by atoms with E-state index in [-0.39, 0.29) is 37.0 Å². The van der Waals surface area contributed by atoms with Crippen molar-refractivity contribution in [1.82, 2.24) is 15.5 Å². The Morgan fingerprint density at radius 2 is 1.50 bits per heavy atom. The summed E-state index contributed by atoms with van der Waals surface area (Å²) in [5, 5.41) is 5.85. The number of aryl methyl sites for hydroxylation is 1. The lowest BCUT2D eigenvalue weighted by molar-refractivity contribution is -0.125. The lowest BCUT2D eigenvalue weighted by Gasteiger charge is -2.22. The molecule has 0 aliphatic carbocycles. The average Bonchev–Trinajstić information content (AvgIpc) is 2.53. The number of amides is 2. The van der Waals surface area contributed by atoms with E-state index in [1.165, 1.54) is 5.56 Å². The number of carbonyl (C=O) groups is 2. The second-order valence-electron chi connectivity index (χ2n) is 6.41. The highest BCUT2D eigenvalue weighted by Crippen LogP contribution is 2.13. The zero-order chi connectivity index (χ0) is 18.1. The van der Waals surface area contributed by atoms with Gasteiger partial charge in [0.1, 0.15) is 0 Å². The van der Waals surface area contributed by atoms with Crippen LogP contribution in [0, 0.1) is 0 Å². The number of nitrogens with zero attached hydrogens (tertiary/aromatic N) is 1. The van der Waals surface area contributed by atoms with Crippen molar-refractivity contribution in [2.45, 2.75) is 53.1 Å². The normalized spacial score (nSPS) is 12.3. The third-order valence-corrected chi connectivity index (χ3v) is 3.90. The fourth-order valence-corrected chi connectivity index (χ4v) is 2.47. The van der Waals surface area contributed by atoms with Crippen LogP contribution in [0.1, 0.15) is 51.8 Å². The fourth-order valence-electron chi connectivity index (χ4n) is 2.47. The molecule has 0 fully saturated rings. The topological polar surface area (TPSA) is 61.4 Å². The van der Waals surface area contributed by atoms with Gasteiger partial charge in [0.05, 0.1) is 19.1 Å². The van der Waals surface area contributed by atoms with E-state index in [4.69, 9.17) is 0 Å². The molecule has 0 radical (unpaired) electrons. The molecule has 0 unspecified atom stereocenters. The minimum Gasteiger partial charge on any atom is -0.353 e. The Hall–Kier alpha value is -1.88. The number of benzene rings is 1. The molecule has 0 aliphatic heterocycles. The molecule has 1 aromatic rings. The van der Waals surface area contributed by atoms with Crippen molar-refractivity contribution in [3.05, 3.63) is 35.4 Å². The zero-order valence-corrected chi connectivity index (χ0v) is 15.6. The molecule has 2 N–H and O–H groups in total. The van der Waals surface area contributed by atoms with Gasteiger partial charge in [-0.3, -0.25) is 14.5 Å². The molecule has 0 heterocycles. The van der Waals surface area contributed by atoms with E-state index in [1.807, 2.05) is 32.6 Å². The van der Waals surface area contributed by atoms with E-state index < -0.39 is 0 Å². The summed E-state index contributed by atoms with van der Waals surface area (Å²) >= 11 is 0. The van der Waals surface area contributed by atoms with Crippen LogP contribution in [-0.4, -0.2) is 42.4 Å². The van der Waals surface area contributed by atoms with Crippen LogP contribution < -0.4 is 10.6 Å². The zero-order valence-electron chi connectivity index (χ0n) is 15.6. The first-order valence-electron chi connectivity index (χ1n) is 8.75. The lowest BCUT2D eigenvalue weighted by Crippen LogP contribution is -2.44. The molecule has 5 heteroatoms. The highest BCUT2D eigenvalue weighted by atomic mass is 16.2. The second-order valence-corrected chi connectivity index (χ2v) is 6.41. The first-order chi connectivity index (χ1) is 11.3. The van der Waals surface area contributed by atoms with Crippen molar-refractivity contribution in [2.24, 2.45) is 0 Å². The molecular formula is C19H31N3O2. The molecule has 1 atom stereocenters. The molecule has 1 rings (SSSR count). The van der Waals surface area contributed by atoms with Gasteiger partial charge in [-0.05, 0) is 44.9 Å². The number of likely N-dealkylation sites (N-methyl/N-ethyl adjacent to an activating group) is 1. The van der Waals surface area contributed by atoms with Crippen molar-refractivity contribution >= 4 is 11.8 Å². The Balaban J connectivity index is 2.51. The van der Waals surface area contributed by atoms with Gasteiger partial charge in [-0.2, -0.15) is 0 Å². The number of hydrogen-bond donors (Lipinski definition) is 2. The first kappa shape index (κ1) is 20.2. The molecular weight excluding hydrogens is 302 g/mol. The minimum atomic E-state index is -0.0683. The predicted molar refractivity (Wildman–Crippen MR) is 97.8 cm³/mol. The van der Waals surface area contributed by atoms with Crippen molar-refractivity contribution in [3.8, 4) is 0 Å². The van der Waals surface area contributed by atoms with Gasteiger partial charge in [0.2, 0.25) is 11.8 Å². The summed E-state index contributed by atoms with van der Waals surface area (Å²) in [5.74, 6) is -0.121. The van der Waals surface area contributed by atoms with Crippen LogP contribution in [0.5, 0.6) is 0 Å². The van der Waals surface area contributed by atoms with Crippen molar-refractivity contribution in [2.75, 3.05) is 19.6 Å². The first-order valence-corrected chi connectivity index (χ1v) is 8.75. The molecule has 1 aromatic carbocycles. The smallest absolute Gasteiger partial charge is 0.234 e. The van der Waals surface area contributed by atoms with Crippen LogP contribution >= 0.6 is 0 Å². The molecule has 0 aromatic heterocycles. The summed E-state index contributed by atoms with van der Waals surface area (Å²) in [4.78, 5) is 25.9. The molecule has 0 spiro atoms. The lowest BCUT2D eigenvalue weighted by atomic mass is 10.1. The number of rotatable bonds is 9. The molecule has 0 aliphatic rings. The van der Waals surface area contributed by atoms with Crippen molar-refractivity contribution < 1.29 is 9.59 Å². The third-order valence-electron chi connectivity index (χ3n) is 3.90. The summed E-state index contributed by atoms with van der Waals surface area (Å²) in [6, 6.07) is 8.34. The largest absolute Gasteiger partial charge is 0.353 e. The van der Waals surface area contributed by atoms with Gasteiger partial charge in [-0.15, -0.1) is 0 Å². The van der Waals surface area contributed by atoms with E-state index in [0.29, 0.717) is 6.54 Å². The van der Waals surface area contributed by atoms with Gasteiger partial charge in [0, 0.05) is 6.04 Å². The highest BCUT2D eigenvalue weighted by molar-refractivity contribution is 5.81. The quantitative estimate of drug-likeness (QED) is 0.729. The summed E-state index contributed by atoms with van der Waals surface area (Å²) in [5.41, 5.74) is 2.37. The molecule has 24 heavy (non-hydrogen) atoms. The maximum Gasteiger partial charge on any atom is 0.234 e. The Labute approximate surface area is 145 Å². The summed E-state index contributed by atoms with van der Waals surface area (Å²) in [7, 11) is 0. The Morgan fingerprint density at radius 3 is 1.96 bits per heavy atom. The average molecular weight is 333 g/mol. The van der Waals surface area contributed by atoms with Crippen LogP contribution in [-0.2, 0) is 16.0 Å². The number of carbonyl (C=O) groups excluding carboxylic acids is 2. The fraction of sp³-hybridized carbons (Fsp3) is 0.579. The molecule has 134 valence electrons. The summed E-state index contributed by atoms with van der Waals surface area (Å²) < 4.78 is 0. The van der Waals surface area contributed by atoms with Crippen LogP contribution in [0.15, 0.2) is 24.3 Å². The third kappa shape index (κ3) is 7.13. The Kier molecular flexibility index (Phi) is 8.47. The van der Waals surface area contributed by atoms with Crippen LogP contribution in [0.2, 0.25) is 0 Å². The standard InChI is InChI=1S/C19H31N3O2/c1-6-16-8-10-17(11-9-16)15(5)21-19(24)13-22(7-2)12-18(23)20-14(3)4/h8-11,14-15H,6-7,12-13H2,1-5H3,(H,20,23)(H,21,24)/t15-/m0/s1.